The van der Waals surface area contributed by atoms with Crippen LogP contribution in [0.3, 0.4) is 0 Å². The van der Waals surface area contributed by atoms with E-state index in [-0.39, 0.29) is 18.5 Å². The molecule has 1 fully saturated rings. The van der Waals surface area contributed by atoms with Gasteiger partial charge in [0.15, 0.2) is 0 Å². The Balaban J connectivity index is 1.89. The Morgan fingerprint density at radius 2 is 1.76 bits per heavy atom. The number of ether oxygens (including phenoxy) is 1. The SMILES string of the molecule is CCOc1ccc(N(CC(=O)N(Cc2ccc(Cl)cc2Cl)[C@@H](C)C(=O)NC2CCCC2)S(C)(=O)=O)cc1. The molecule has 0 aromatic heterocycles. The van der Waals surface area contributed by atoms with Gasteiger partial charge in [0.05, 0.1) is 18.6 Å². The third-order valence-corrected chi connectivity index (χ3v) is 8.07. The third kappa shape index (κ3) is 7.99. The Hall–Kier alpha value is -2.49. The van der Waals surface area contributed by atoms with Gasteiger partial charge < -0.3 is 15.0 Å². The summed E-state index contributed by atoms with van der Waals surface area (Å²) < 4.78 is 31.8. The number of carbonyl (C=O) groups is 2. The number of halogens is 2. The highest BCUT2D eigenvalue weighted by atomic mass is 35.5. The monoisotopic (exact) mass is 569 g/mol. The Kier molecular flexibility index (Phi) is 10.1. The molecule has 2 aromatic carbocycles. The molecule has 3 rings (SSSR count). The summed E-state index contributed by atoms with van der Waals surface area (Å²) in [4.78, 5) is 28.1. The number of benzene rings is 2. The third-order valence-electron chi connectivity index (χ3n) is 6.34. The lowest BCUT2D eigenvalue weighted by atomic mass is 10.1. The van der Waals surface area contributed by atoms with Gasteiger partial charge in [-0.2, -0.15) is 0 Å². The van der Waals surface area contributed by atoms with Crippen LogP contribution in [0.2, 0.25) is 10.0 Å². The van der Waals surface area contributed by atoms with Crippen LogP contribution < -0.4 is 14.4 Å². The fourth-order valence-electron chi connectivity index (χ4n) is 4.30. The van der Waals surface area contributed by atoms with Gasteiger partial charge >= 0.3 is 0 Å². The summed E-state index contributed by atoms with van der Waals surface area (Å²) in [5.41, 5.74) is 0.902. The van der Waals surface area contributed by atoms with Gasteiger partial charge in [0, 0.05) is 22.6 Å². The summed E-state index contributed by atoms with van der Waals surface area (Å²) in [6, 6.07) is 10.6. The number of rotatable bonds is 11. The Morgan fingerprint density at radius 1 is 1.11 bits per heavy atom. The molecule has 1 N–H and O–H groups in total. The first-order valence-corrected chi connectivity index (χ1v) is 14.8. The minimum Gasteiger partial charge on any atom is -0.494 e. The molecule has 0 unspecified atom stereocenters. The topological polar surface area (TPSA) is 96.0 Å². The zero-order chi connectivity index (χ0) is 27.2. The molecular weight excluding hydrogens is 537 g/mol. The van der Waals surface area contributed by atoms with Crippen molar-refractivity contribution in [1.29, 1.82) is 0 Å². The molecule has 0 bridgehead atoms. The van der Waals surface area contributed by atoms with Crippen molar-refractivity contribution in [1.82, 2.24) is 10.2 Å². The standard InChI is InChI=1S/C26H33Cl2N3O5S/c1-4-36-23-13-11-22(12-14-23)31(37(3,34)35)17-25(32)30(16-19-9-10-20(27)15-24(19)28)18(2)26(33)29-21-7-5-6-8-21/h9-15,18,21H,4-8,16-17H2,1-3H3,(H,29,33)/t18-/m0/s1. The van der Waals surface area contributed by atoms with E-state index >= 15 is 0 Å². The summed E-state index contributed by atoms with van der Waals surface area (Å²) >= 11 is 12.4. The van der Waals surface area contributed by atoms with E-state index < -0.39 is 28.5 Å². The number of sulfonamides is 1. The van der Waals surface area contributed by atoms with Crippen molar-refractivity contribution in [3.8, 4) is 5.75 Å². The van der Waals surface area contributed by atoms with Crippen LogP contribution in [-0.2, 0) is 26.2 Å². The Labute approximate surface area is 228 Å². The lowest BCUT2D eigenvalue weighted by Gasteiger charge is -2.32. The fraction of sp³-hybridized carbons (Fsp3) is 0.462. The molecule has 37 heavy (non-hydrogen) atoms. The van der Waals surface area contributed by atoms with Crippen molar-refractivity contribution in [3.05, 3.63) is 58.1 Å². The van der Waals surface area contributed by atoms with Gasteiger partial charge in [-0.05, 0) is 68.7 Å². The summed E-state index contributed by atoms with van der Waals surface area (Å²) in [6.45, 7) is 3.47. The molecule has 2 aromatic rings. The van der Waals surface area contributed by atoms with E-state index in [2.05, 4.69) is 5.32 Å². The number of hydrogen-bond donors (Lipinski definition) is 1. The molecule has 0 spiro atoms. The van der Waals surface area contributed by atoms with Crippen LogP contribution in [0.5, 0.6) is 5.75 Å². The highest BCUT2D eigenvalue weighted by Crippen LogP contribution is 2.26. The van der Waals surface area contributed by atoms with Crippen LogP contribution in [0.1, 0.15) is 45.1 Å². The van der Waals surface area contributed by atoms with Gasteiger partial charge in [0.2, 0.25) is 21.8 Å². The van der Waals surface area contributed by atoms with Crippen molar-refractivity contribution in [2.75, 3.05) is 23.7 Å². The van der Waals surface area contributed by atoms with Crippen molar-refractivity contribution in [2.24, 2.45) is 0 Å². The molecule has 1 aliphatic carbocycles. The Bertz CT molecular complexity index is 1200. The molecule has 1 saturated carbocycles. The van der Waals surface area contributed by atoms with Gasteiger partial charge in [0.25, 0.3) is 0 Å². The molecule has 1 aliphatic rings. The molecule has 0 aliphatic heterocycles. The first-order chi connectivity index (χ1) is 17.5. The zero-order valence-electron chi connectivity index (χ0n) is 21.2. The number of amides is 2. The second kappa shape index (κ2) is 12.8. The average Bonchev–Trinajstić information content (AvgIpc) is 3.34. The van der Waals surface area contributed by atoms with Gasteiger partial charge in [-0.15, -0.1) is 0 Å². The number of anilines is 1. The van der Waals surface area contributed by atoms with E-state index in [0.29, 0.717) is 33.7 Å². The molecule has 0 saturated heterocycles. The van der Waals surface area contributed by atoms with Crippen LogP contribution >= 0.6 is 23.2 Å². The molecule has 202 valence electrons. The van der Waals surface area contributed by atoms with Crippen molar-refractivity contribution < 1.29 is 22.7 Å². The number of carbonyl (C=O) groups excluding carboxylic acids is 2. The van der Waals surface area contributed by atoms with Gasteiger partial charge in [-0.1, -0.05) is 42.1 Å². The van der Waals surface area contributed by atoms with E-state index in [0.717, 1.165) is 36.2 Å². The maximum atomic E-state index is 13.7. The summed E-state index contributed by atoms with van der Waals surface area (Å²) in [5.74, 6) is -0.251. The quantitative estimate of drug-likeness (QED) is 0.425. The minimum atomic E-state index is -3.82. The lowest BCUT2D eigenvalue weighted by Crippen LogP contribution is -2.52. The average molecular weight is 571 g/mol. The summed E-state index contributed by atoms with van der Waals surface area (Å²) in [7, 11) is -3.82. The number of hydrogen-bond acceptors (Lipinski definition) is 5. The van der Waals surface area contributed by atoms with Crippen LogP contribution in [0.4, 0.5) is 5.69 Å². The minimum absolute atomic E-state index is 0.00890. The molecular formula is C26H33Cl2N3O5S. The largest absolute Gasteiger partial charge is 0.494 e. The highest BCUT2D eigenvalue weighted by Gasteiger charge is 2.31. The van der Waals surface area contributed by atoms with Crippen LogP contribution in [0, 0.1) is 0 Å². The smallest absolute Gasteiger partial charge is 0.244 e. The van der Waals surface area contributed by atoms with Crippen LogP contribution in [-0.4, -0.2) is 56.6 Å². The van der Waals surface area contributed by atoms with Crippen LogP contribution in [0.25, 0.3) is 0 Å². The Morgan fingerprint density at radius 3 is 2.32 bits per heavy atom. The predicted octanol–water partition coefficient (Wildman–Crippen LogP) is 4.63. The molecule has 1 atom stereocenters. The van der Waals surface area contributed by atoms with Gasteiger partial charge in [-0.3, -0.25) is 13.9 Å². The number of nitrogens with one attached hydrogen (secondary N) is 1. The normalized spacial score (nSPS) is 14.7. The zero-order valence-corrected chi connectivity index (χ0v) is 23.6. The first-order valence-electron chi connectivity index (χ1n) is 12.2. The highest BCUT2D eigenvalue weighted by molar-refractivity contribution is 7.92. The van der Waals surface area contributed by atoms with Crippen molar-refractivity contribution >= 4 is 50.7 Å². The van der Waals surface area contributed by atoms with E-state index in [1.165, 1.54) is 4.90 Å². The van der Waals surface area contributed by atoms with Crippen molar-refractivity contribution in [2.45, 2.75) is 58.2 Å². The molecule has 11 heteroatoms. The maximum Gasteiger partial charge on any atom is 0.244 e. The molecule has 0 heterocycles. The fourth-order valence-corrected chi connectivity index (χ4v) is 5.61. The maximum absolute atomic E-state index is 13.7. The molecule has 8 nitrogen and oxygen atoms in total. The summed E-state index contributed by atoms with van der Waals surface area (Å²) in [5, 5.41) is 3.81. The van der Waals surface area contributed by atoms with E-state index in [4.69, 9.17) is 27.9 Å². The van der Waals surface area contributed by atoms with E-state index in [1.54, 1.807) is 49.4 Å². The summed E-state index contributed by atoms with van der Waals surface area (Å²) in [6.07, 6.45) is 4.93. The molecule has 0 radical (unpaired) electrons. The van der Waals surface area contributed by atoms with Crippen LogP contribution in [0.15, 0.2) is 42.5 Å². The van der Waals surface area contributed by atoms with E-state index in [9.17, 15) is 18.0 Å². The van der Waals surface area contributed by atoms with Gasteiger partial charge in [0.1, 0.15) is 18.3 Å². The van der Waals surface area contributed by atoms with Gasteiger partial charge in [-0.25, -0.2) is 8.42 Å². The lowest BCUT2D eigenvalue weighted by molar-refractivity contribution is -0.139. The van der Waals surface area contributed by atoms with Crippen molar-refractivity contribution in [3.63, 3.8) is 0 Å². The second-order valence-electron chi connectivity index (χ2n) is 9.12. The molecule has 2 amide bonds. The predicted molar refractivity (Wildman–Crippen MR) is 147 cm³/mol. The first kappa shape index (κ1) is 29.1. The second-order valence-corrected chi connectivity index (χ2v) is 11.9. The number of nitrogens with zero attached hydrogens (tertiary/aromatic N) is 2. The van der Waals surface area contributed by atoms with E-state index in [1.807, 2.05) is 6.92 Å².